The molecular weight excluding hydrogens is 286 g/mol. The lowest BCUT2D eigenvalue weighted by Crippen LogP contribution is -2.52. The minimum atomic E-state index is -1.41. The van der Waals surface area contributed by atoms with Gasteiger partial charge >= 0.3 is 5.97 Å². The third-order valence-corrected chi connectivity index (χ3v) is 3.66. The smallest absolute Gasteiger partial charge is 0.334 e. The lowest BCUT2D eigenvalue weighted by atomic mass is 9.87. The predicted octanol–water partition coefficient (Wildman–Crippen LogP) is 2.51. The molecule has 1 aromatic rings. The molecule has 4 nitrogen and oxygen atoms in total. The van der Waals surface area contributed by atoms with E-state index in [9.17, 15) is 14.7 Å². The van der Waals surface area contributed by atoms with E-state index in [4.69, 9.17) is 11.6 Å². The van der Waals surface area contributed by atoms with Gasteiger partial charge in [-0.3, -0.25) is 4.79 Å². The first-order chi connectivity index (χ1) is 8.96. The van der Waals surface area contributed by atoms with Crippen molar-refractivity contribution in [3.8, 4) is 0 Å². The van der Waals surface area contributed by atoms with Crippen LogP contribution in [0.15, 0.2) is 24.3 Å². The second kappa shape index (κ2) is 6.82. The topological polar surface area (TPSA) is 66.4 Å². The summed E-state index contributed by atoms with van der Waals surface area (Å²) in [5.41, 5.74) is -0.890. The van der Waals surface area contributed by atoms with Gasteiger partial charge in [-0.2, -0.15) is 11.8 Å². The average molecular weight is 302 g/mol. The van der Waals surface area contributed by atoms with Crippen molar-refractivity contribution >= 4 is 35.2 Å². The molecule has 1 unspecified atom stereocenters. The summed E-state index contributed by atoms with van der Waals surface area (Å²) >= 11 is 7.15. The van der Waals surface area contributed by atoms with Gasteiger partial charge in [0.15, 0.2) is 5.54 Å². The van der Waals surface area contributed by atoms with Gasteiger partial charge in [-0.05, 0) is 30.4 Å². The number of carboxylic acids is 1. The van der Waals surface area contributed by atoms with Gasteiger partial charge in [-0.1, -0.05) is 30.7 Å². The molecule has 0 saturated heterocycles. The lowest BCUT2D eigenvalue weighted by Gasteiger charge is -2.30. The number of halogens is 1. The minimum absolute atomic E-state index is 0.225. The Morgan fingerprint density at radius 1 is 1.37 bits per heavy atom. The average Bonchev–Trinajstić information content (AvgIpc) is 2.37. The Morgan fingerprint density at radius 2 is 1.95 bits per heavy atom. The van der Waals surface area contributed by atoms with Crippen molar-refractivity contribution in [2.75, 3.05) is 12.0 Å². The zero-order valence-corrected chi connectivity index (χ0v) is 12.3. The Balaban J connectivity index is 3.15. The molecule has 0 bridgehead atoms. The molecule has 6 heteroatoms. The monoisotopic (exact) mass is 301 g/mol. The molecule has 0 spiro atoms. The molecule has 2 N–H and O–H groups in total. The molecule has 1 aromatic carbocycles. The van der Waals surface area contributed by atoms with Crippen molar-refractivity contribution in [2.24, 2.45) is 0 Å². The van der Waals surface area contributed by atoms with E-state index in [0.29, 0.717) is 10.6 Å². The molecule has 0 radical (unpaired) electrons. The molecule has 0 aliphatic carbocycles. The molecular formula is C13H16ClNO3S. The van der Waals surface area contributed by atoms with Crippen LogP contribution in [0.1, 0.15) is 18.9 Å². The van der Waals surface area contributed by atoms with Crippen LogP contribution in [0, 0.1) is 0 Å². The summed E-state index contributed by atoms with van der Waals surface area (Å²) in [6.45, 7) is 1.72. The van der Waals surface area contributed by atoms with Gasteiger partial charge in [-0.25, -0.2) is 4.79 Å². The largest absolute Gasteiger partial charge is 0.479 e. The van der Waals surface area contributed by atoms with Crippen LogP contribution in [-0.2, 0) is 15.1 Å². The van der Waals surface area contributed by atoms with Crippen LogP contribution in [-0.4, -0.2) is 29.0 Å². The number of aliphatic carboxylic acids is 1. The molecule has 0 aromatic heterocycles. The summed E-state index contributed by atoms with van der Waals surface area (Å²) in [7, 11) is 0. The van der Waals surface area contributed by atoms with E-state index < -0.39 is 11.5 Å². The van der Waals surface area contributed by atoms with E-state index in [1.54, 1.807) is 37.4 Å². The van der Waals surface area contributed by atoms with Crippen LogP contribution in [0.2, 0.25) is 5.02 Å². The highest BCUT2D eigenvalue weighted by atomic mass is 35.5. The number of hydrogen-bond acceptors (Lipinski definition) is 3. The number of carbonyl (C=O) groups is 2. The molecule has 0 fully saturated rings. The second-order valence-corrected chi connectivity index (χ2v) is 5.35. The lowest BCUT2D eigenvalue weighted by molar-refractivity contribution is -0.148. The van der Waals surface area contributed by atoms with Crippen molar-refractivity contribution in [1.82, 2.24) is 5.32 Å². The first-order valence-corrected chi connectivity index (χ1v) is 7.53. The molecule has 1 amide bonds. The van der Waals surface area contributed by atoms with Crippen LogP contribution in [0.4, 0.5) is 0 Å². The van der Waals surface area contributed by atoms with Crippen molar-refractivity contribution in [1.29, 1.82) is 0 Å². The fraction of sp³-hybridized carbons (Fsp3) is 0.385. The summed E-state index contributed by atoms with van der Waals surface area (Å²) in [5.74, 6) is -1.15. The summed E-state index contributed by atoms with van der Waals surface area (Å²) in [5, 5.41) is 12.6. The number of thioether (sulfide) groups is 1. The van der Waals surface area contributed by atoms with E-state index in [-0.39, 0.29) is 18.1 Å². The summed E-state index contributed by atoms with van der Waals surface area (Å²) in [6.07, 6.45) is 2.04. The van der Waals surface area contributed by atoms with Gasteiger partial charge in [0.1, 0.15) is 0 Å². The van der Waals surface area contributed by atoms with Gasteiger partial charge in [0.05, 0.1) is 5.75 Å². The van der Waals surface area contributed by atoms with Gasteiger partial charge in [0.25, 0.3) is 0 Å². The van der Waals surface area contributed by atoms with Crippen LogP contribution in [0.3, 0.4) is 0 Å². The Hall–Kier alpha value is -1.20. The van der Waals surface area contributed by atoms with E-state index in [0.717, 1.165) is 0 Å². The van der Waals surface area contributed by atoms with Crippen molar-refractivity contribution in [3.63, 3.8) is 0 Å². The number of benzene rings is 1. The van der Waals surface area contributed by atoms with Gasteiger partial charge in [0.2, 0.25) is 5.91 Å². The maximum atomic E-state index is 11.7. The van der Waals surface area contributed by atoms with Gasteiger partial charge < -0.3 is 10.4 Å². The van der Waals surface area contributed by atoms with Crippen LogP contribution in [0.25, 0.3) is 0 Å². The van der Waals surface area contributed by atoms with Crippen LogP contribution in [0.5, 0.6) is 0 Å². The standard InChI is InChI=1S/C13H16ClNO3S/c1-3-13(12(17)18,15-11(16)8-19-2)9-4-6-10(14)7-5-9/h4-7H,3,8H2,1-2H3,(H,15,16)(H,17,18). The SMILES string of the molecule is CCC(NC(=O)CSC)(C(=O)O)c1ccc(Cl)cc1. The fourth-order valence-electron chi connectivity index (χ4n) is 1.83. The fourth-order valence-corrected chi connectivity index (χ4v) is 2.29. The van der Waals surface area contributed by atoms with E-state index in [1.165, 1.54) is 11.8 Å². The van der Waals surface area contributed by atoms with Crippen LogP contribution >= 0.6 is 23.4 Å². The predicted molar refractivity (Wildman–Crippen MR) is 77.6 cm³/mol. The minimum Gasteiger partial charge on any atom is -0.479 e. The Labute approximate surface area is 121 Å². The molecule has 0 aliphatic heterocycles. The number of rotatable bonds is 6. The Bertz CT molecular complexity index is 463. The van der Waals surface area contributed by atoms with Crippen molar-refractivity contribution < 1.29 is 14.7 Å². The Kier molecular flexibility index (Phi) is 5.69. The first kappa shape index (κ1) is 15.9. The summed E-state index contributed by atoms with van der Waals surface area (Å²) in [4.78, 5) is 23.4. The molecule has 1 atom stereocenters. The van der Waals surface area contributed by atoms with E-state index in [1.807, 2.05) is 0 Å². The summed E-state index contributed by atoms with van der Waals surface area (Å²) < 4.78 is 0. The quantitative estimate of drug-likeness (QED) is 0.847. The van der Waals surface area contributed by atoms with Crippen LogP contribution < -0.4 is 5.32 Å². The number of carbonyl (C=O) groups excluding carboxylic acids is 1. The highest BCUT2D eigenvalue weighted by Gasteiger charge is 2.40. The van der Waals surface area contributed by atoms with Crippen molar-refractivity contribution in [3.05, 3.63) is 34.9 Å². The number of amides is 1. The van der Waals surface area contributed by atoms with Crippen molar-refractivity contribution in [2.45, 2.75) is 18.9 Å². The van der Waals surface area contributed by atoms with Gasteiger partial charge in [0, 0.05) is 5.02 Å². The second-order valence-electron chi connectivity index (χ2n) is 4.05. The van der Waals surface area contributed by atoms with E-state index >= 15 is 0 Å². The van der Waals surface area contributed by atoms with Gasteiger partial charge in [-0.15, -0.1) is 0 Å². The molecule has 19 heavy (non-hydrogen) atoms. The maximum Gasteiger partial charge on any atom is 0.334 e. The molecule has 1 rings (SSSR count). The zero-order chi connectivity index (χ0) is 14.5. The highest BCUT2D eigenvalue weighted by molar-refractivity contribution is 7.99. The molecule has 0 saturated carbocycles. The highest BCUT2D eigenvalue weighted by Crippen LogP contribution is 2.27. The first-order valence-electron chi connectivity index (χ1n) is 5.75. The molecule has 0 heterocycles. The number of hydrogen-bond donors (Lipinski definition) is 2. The normalized spacial score (nSPS) is 13.6. The third kappa shape index (κ3) is 3.64. The maximum absolute atomic E-state index is 11.7. The molecule has 104 valence electrons. The number of carboxylic acid groups (broad SMARTS) is 1. The number of nitrogens with one attached hydrogen (secondary N) is 1. The summed E-state index contributed by atoms with van der Waals surface area (Å²) in [6, 6.07) is 6.48. The molecule has 0 aliphatic rings. The zero-order valence-electron chi connectivity index (χ0n) is 10.8. The third-order valence-electron chi connectivity index (χ3n) is 2.86. The van der Waals surface area contributed by atoms with E-state index in [2.05, 4.69) is 5.32 Å². The Morgan fingerprint density at radius 3 is 2.37 bits per heavy atom.